The molecule has 166 valence electrons. The molecule has 1 aliphatic carbocycles. The van der Waals surface area contributed by atoms with Gasteiger partial charge in [0.1, 0.15) is 5.75 Å². The van der Waals surface area contributed by atoms with Gasteiger partial charge in [-0.1, -0.05) is 19.3 Å². The van der Waals surface area contributed by atoms with E-state index in [1.54, 1.807) is 7.05 Å². The first-order valence-corrected chi connectivity index (χ1v) is 11.3. The molecule has 2 aromatic rings. The average Bonchev–Trinajstić information content (AvgIpc) is 2.79. The molecule has 0 N–H and O–H groups in total. The second-order valence-electron chi connectivity index (χ2n) is 7.32. The number of ether oxygens (including phenoxy) is 2. The highest BCUT2D eigenvalue weighted by molar-refractivity contribution is 7.89. The van der Waals surface area contributed by atoms with Crippen LogP contribution >= 0.6 is 0 Å². The van der Waals surface area contributed by atoms with Gasteiger partial charge in [0, 0.05) is 13.1 Å². The van der Waals surface area contributed by atoms with E-state index in [-0.39, 0.29) is 28.0 Å². The summed E-state index contributed by atoms with van der Waals surface area (Å²) in [6, 6.07) is 9.18. The molecule has 2 aromatic carbocycles. The lowest BCUT2D eigenvalue weighted by molar-refractivity contribution is -0.385. The van der Waals surface area contributed by atoms with Crippen molar-refractivity contribution in [3.8, 4) is 11.5 Å². The van der Waals surface area contributed by atoms with Crippen LogP contribution in [0.25, 0.3) is 0 Å². The molecule has 0 spiro atoms. The molecule has 0 radical (unpaired) electrons. The third kappa shape index (κ3) is 5.02. The highest BCUT2D eigenvalue weighted by Gasteiger charge is 2.29. The van der Waals surface area contributed by atoms with Crippen LogP contribution in [0.4, 0.5) is 5.69 Å². The van der Waals surface area contributed by atoms with Crippen LogP contribution in [-0.2, 0) is 10.0 Å². The van der Waals surface area contributed by atoms with Gasteiger partial charge >= 0.3 is 11.7 Å². The molecule has 31 heavy (non-hydrogen) atoms. The van der Waals surface area contributed by atoms with Crippen LogP contribution < -0.4 is 9.47 Å². The Morgan fingerprint density at radius 3 is 2.32 bits per heavy atom. The largest absolute Gasteiger partial charge is 0.496 e. The zero-order valence-corrected chi connectivity index (χ0v) is 18.1. The van der Waals surface area contributed by atoms with E-state index in [0.717, 1.165) is 38.2 Å². The van der Waals surface area contributed by atoms with Crippen molar-refractivity contribution in [2.24, 2.45) is 0 Å². The molecular weight excluding hydrogens is 424 g/mol. The van der Waals surface area contributed by atoms with Crippen molar-refractivity contribution in [3.63, 3.8) is 0 Å². The fraction of sp³-hybridized carbons (Fsp3) is 0.381. The van der Waals surface area contributed by atoms with Crippen molar-refractivity contribution in [2.45, 2.75) is 43.0 Å². The maximum atomic E-state index is 12.9. The standard InChI is InChI=1S/C21H24N2O7S/c1-22(16-6-4-3-5-7-16)31(27,28)18-11-8-15(9-12-18)21(24)30-20-13-10-17(29-2)14-19(20)23(25)26/h8-14,16H,3-7H2,1-2H3. The van der Waals surface area contributed by atoms with Crippen LogP contribution in [0.15, 0.2) is 47.4 Å². The first-order chi connectivity index (χ1) is 14.7. The molecule has 0 atom stereocenters. The fourth-order valence-corrected chi connectivity index (χ4v) is 5.00. The quantitative estimate of drug-likeness (QED) is 0.274. The molecule has 1 saturated carbocycles. The number of carbonyl (C=O) groups is 1. The second kappa shape index (κ2) is 9.44. The van der Waals surface area contributed by atoms with Crippen LogP contribution in [-0.4, -0.2) is 43.8 Å². The first kappa shape index (κ1) is 22.7. The molecule has 3 rings (SSSR count). The summed E-state index contributed by atoms with van der Waals surface area (Å²) in [5, 5.41) is 11.2. The van der Waals surface area contributed by atoms with Gasteiger partial charge in [-0.15, -0.1) is 0 Å². The molecule has 0 amide bonds. The summed E-state index contributed by atoms with van der Waals surface area (Å²) in [7, 11) is -0.741. The monoisotopic (exact) mass is 448 g/mol. The zero-order chi connectivity index (χ0) is 22.6. The maximum Gasteiger partial charge on any atom is 0.343 e. The molecule has 0 unspecified atom stereocenters. The van der Waals surface area contributed by atoms with Gasteiger partial charge in [0.15, 0.2) is 0 Å². The summed E-state index contributed by atoms with van der Waals surface area (Å²) >= 11 is 0. The van der Waals surface area contributed by atoms with E-state index in [1.165, 1.54) is 47.8 Å². The van der Waals surface area contributed by atoms with Crippen molar-refractivity contribution < 1.29 is 27.6 Å². The number of nitrogens with zero attached hydrogens (tertiary/aromatic N) is 2. The average molecular weight is 448 g/mol. The molecule has 0 heterocycles. The van der Waals surface area contributed by atoms with Crippen LogP contribution in [0.5, 0.6) is 11.5 Å². The third-order valence-electron chi connectivity index (χ3n) is 5.42. The molecule has 10 heteroatoms. The van der Waals surface area contributed by atoms with E-state index in [9.17, 15) is 23.3 Å². The van der Waals surface area contributed by atoms with Gasteiger partial charge in [-0.25, -0.2) is 13.2 Å². The minimum Gasteiger partial charge on any atom is -0.496 e. The van der Waals surface area contributed by atoms with Crippen LogP contribution in [0, 0.1) is 10.1 Å². The van der Waals surface area contributed by atoms with Gasteiger partial charge in [-0.3, -0.25) is 10.1 Å². The molecule has 0 aromatic heterocycles. The summed E-state index contributed by atoms with van der Waals surface area (Å²) in [5.41, 5.74) is -0.342. The van der Waals surface area contributed by atoms with Gasteiger partial charge in [0.25, 0.3) is 0 Å². The lowest BCUT2D eigenvalue weighted by Gasteiger charge is -2.30. The predicted octanol–water partition coefficient (Wildman–Crippen LogP) is 3.78. The predicted molar refractivity (Wildman–Crippen MR) is 113 cm³/mol. The van der Waals surface area contributed by atoms with Gasteiger partial charge in [-0.05, 0) is 49.2 Å². The topological polar surface area (TPSA) is 116 Å². The number of rotatable bonds is 7. The Kier molecular flexibility index (Phi) is 6.91. The van der Waals surface area contributed by atoms with E-state index in [4.69, 9.17) is 9.47 Å². The molecule has 0 saturated heterocycles. The number of nitro groups is 1. The number of sulfonamides is 1. The molecule has 1 aliphatic rings. The Bertz CT molecular complexity index is 1060. The van der Waals surface area contributed by atoms with Crippen LogP contribution in [0.2, 0.25) is 0 Å². The number of esters is 1. The summed E-state index contributed by atoms with van der Waals surface area (Å²) in [4.78, 5) is 23.1. The number of benzene rings is 2. The number of hydrogen-bond acceptors (Lipinski definition) is 7. The van der Waals surface area contributed by atoms with E-state index >= 15 is 0 Å². The number of methoxy groups -OCH3 is 1. The van der Waals surface area contributed by atoms with E-state index in [2.05, 4.69) is 0 Å². The van der Waals surface area contributed by atoms with Crippen molar-refractivity contribution in [1.82, 2.24) is 4.31 Å². The summed E-state index contributed by atoms with van der Waals surface area (Å²) in [6.45, 7) is 0. The van der Waals surface area contributed by atoms with E-state index in [1.807, 2.05) is 0 Å². The second-order valence-corrected chi connectivity index (χ2v) is 9.32. The maximum absolute atomic E-state index is 12.9. The Hall–Kier alpha value is -2.98. The number of nitro benzene ring substituents is 1. The molecular formula is C21H24N2O7S. The minimum atomic E-state index is -3.69. The number of hydrogen-bond donors (Lipinski definition) is 0. The molecule has 9 nitrogen and oxygen atoms in total. The molecule has 0 aliphatic heterocycles. The molecule has 0 bridgehead atoms. The van der Waals surface area contributed by atoms with Crippen LogP contribution in [0.3, 0.4) is 0 Å². The molecule has 1 fully saturated rings. The highest BCUT2D eigenvalue weighted by Crippen LogP contribution is 2.32. The van der Waals surface area contributed by atoms with Gasteiger partial charge in [0.2, 0.25) is 15.8 Å². The summed E-state index contributed by atoms with van der Waals surface area (Å²) in [6.07, 6.45) is 4.80. The summed E-state index contributed by atoms with van der Waals surface area (Å²) < 4.78 is 37.3. The SMILES string of the molecule is COc1ccc(OC(=O)c2ccc(S(=O)(=O)N(C)C3CCCCC3)cc2)c([N+](=O)[O-])c1. The Morgan fingerprint density at radius 2 is 1.74 bits per heavy atom. The third-order valence-corrected chi connectivity index (χ3v) is 7.35. The van der Waals surface area contributed by atoms with Gasteiger partial charge in [-0.2, -0.15) is 4.31 Å². The van der Waals surface area contributed by atoms with Crippen LogP contribution in [0.1, 0.15) is 42.5 Å². The van der Waals surface area contributed by atoms with Gasteiger partial charge < -0.3 is 9.47 Å². The first-order valence-electron chi connectivity index (χ1n) is 9.86. The van der Waals surface area contributed by atoms with Crippen molar-refractivity contribution in [1.29, 1.82) is 0 Å². The normalized spacial score (nSPS) is 14.9. The summed E-state index contributed by atoms with van der Waals surface area (Å²) in [5.74, 6) is -0.814. The van der Waals surface area contributed by atoms with Gasteiger partial charge in [0.05, 0.1) is 28.6 Å². The van der Waals surface area contributed by atoms with Crippen molar-refractivity contribution >= 4 is 21.7 Å². The highest BCUT2D eigenvalue weighted by atomic mass is 32.2. The van der Waals surface area contributed by atoms with Crippen molar-refractivity contribution in [3.05, 3.63) is 58.1 Å². The Morgan fingerprint density at radius 1 is 1.10 bits per heavy atom. The lowest BCUT2D eigenvalue weighted by Crippen LogP contribution is -2.38. The Balaban J connectivity index is 1.77. The van der Waals surface area contributed by atoms with E-state index in [0.29, 0.717) is 0 Å². The zero-order valence-electron chi connectivity index (χ0n) is 17.3. The van der Waals surface area contributed by atoms with E-state index < -0.39 is 26.6 Å². The number of carbonyl (C=O) groups excluding carboxylic acids is 1. The fourth-order valence-electron chi connectivity index (χ4n) is 3.58. The minimum absolute atomic E-state index is 0.0287. The smallest absolute Gasteiger partial charge is 0.343 e. The lowest BCUT2D eigenvalue weighted by atomic mass is 9.96. The Labute approximate surface area is 180 Å². The van der Waals surface area contributed by atoms with Crippen molar-refractivity contribution in [2.75, 3.05) is 14.2 Å².